The number of nitrogens with two attached hydrogens (primary N) is 1. The predicted octanol–water partition coefficient (Wildman–Crippen LogP) is 5.09. The van der Waals surface area contributed by atoms with Crippen LogP contribution in [-0.2, 0) is 16.6 Å². The molecule has 3 aromatic rings. The highest BCUT2D eigenvalue weighted by Gasteiger charge is 2.28. The van der Waals surface area contributed by atoms with E-state index in [9.17, 15) is 26.8 Å². The van der Waals surface area contributed by atoms with Crippen LogP contribution in [0.5, 0.6) is 11.6 Å². The summed E-state index contributed by atoms with van der Waals surface area (Å²) < 4.78 is 59.3. The number of carbonyl (C=O) groups is 2. The molecule has 3 amide bonds. The van der Waals surface area contributed by atoms with E-state index in [0.29, 0.717) is 62.4 Å². The van der Waals surface area contributed by atoms with Crippen molar-refractivity contribution < 1.29 is 31.5 Å². The second-order valence-electron chi connectivity index (χ2n) is 11.1. The number of hydrogen-bond donors (Lipinski definition) is 3. The molecule has 0 spiro atoms. The highest BCUT2D eigenvalue weighted by atomic mass is 32.2. The Labute approximate surface area is 261 Å². The van der Waals surface area contributed by atoms with Crippen LogP contribution in [0.1, 0.15) is 42.6 Å². The van der Waals surface area contributed by atoms with Crippen molar-refractivity contribution in [3.63, 3.8) is 0 Å². The van der Waals surface area contributed by atoms with Crippen molar-refractivity contribution in [2.75, 3.05) is 35.9 Å². The Morgan fingerprint density at radius 3 is 2.36 bits per heavy atom. The SMILES string of the molecule is CC(C)=CCN(C(=O)Nc1cc(C(N)=O)c(F)cc1F)C1CCN(Cc2ccc(Oc3ccc(NS(C)(=O)=O)cc3)nc2)CC1. The van der Waals surface area contributed by atoms with Gasteiger partial charge in [-0.25, -0.2) is 27.0 Å². The number of anilines is 2. The number of rotatable bonds is 11. The van der Waals surface area contributed by atoms with Crippen LogP contribution >= 0.6 is 0 Å². The quantitative estimate of drug-likeness (QED) is 0.247. The molecule has 240 valence electrons. The van der Waals surface area contributed by atoms with Gasteiger partial charge in [-0.2, -0.15) is 0 Å². The van der Waals surface area contributed by atoms with E-state index in [0.717, 1.165) is 23.5 Å². The molecular weight excluding hydrogens is 606 g/mol. The van der Waals surface area contributed by atoms with Gasteiger partial charge >= 0.3 is 6.03 Å². The number of hydrogen-bond acceptors (Lipinski definition) is 7. The minimum atomic E-state index is -3.37. The standard InChI is InChI=1S/C31H36F2N6O5S/c1-20(2)10-15-39(31(41)36-28-16-25(30(34)40)26(32)17-27(28)33)23-11-13-38(14-12-23)19-21-4-9-29(35-18-21)44-24-7-5-22(6-8-24)37-45(3,42)43/h4-10,16-18,23,37H,11-15,19H2,1-3H3,(H2,34,40)(H,36,41). The summed E-state index contributed by atoms with van der Waals surface area (Å²) in [5, 5.41) is 2.49. The molecule has 1 aliphatic heterocycles. The first-order valence-corrected chi connectivity index (χ1v) is 16.1. The van der Waals surface area contributed by atoms with Crippen LogP contribution in [0.2, 0.25) is 0 Å². The van der Waals surface area contributed by atoms with Crippen molar-refractivity contribution in [1.29, 1.82) is 0 Å². The lowest BCUT2D eigenvalue weighted by Crippen LogP contribution is -2.48. The van der Waals surface area contributed by atoms with Gasteiger partial charge < -0.3 is 20.7 Å². The van der Waals surface area contributed by atoms with E-state index in [1.807, 2.05) is 26.0 Å². The Kier molecular flexibility index (Phi) is 10.7. The number of urea groups is 1. The zero-order chi connectivity index (χ0) is 32.7. The van der Waals surface area contributed by atoms with E-state index in [1.54, 1.807) is 41.4 Å². The lowest BCUT2D eigenvalue weighted by atomic mass is 10.0. The number of pyridine rings is 1. The fourth-order valence-corrected chi connectivity index (χ4v) is 5.40. The van der Waals surface area contributed by atoms with Gasteiger partial charge in [0.15, 0.2) is 0 Å². The molecule has 0 unspecified atom stereocenters. The molecule has 0 aliphatic carbocycles. The van der Waals surface area contributed by atoms with E-state index >= 15 is 0 Å². The maximum Gasteiger partial charge on any atom is 0.322 e. The lowest BCUT2D eigenvalue weighted by Gasteiger charge is -2.38. The van der Waals surface area contributed by atoms with Gasteiger partial charge in [-0.3, -0.25) is 14.4 Å². The largest absolute Gasteiger partial charge is 0.439 e. The van der Waals surface area contributed by atoms with Crippen molar-refractivity contribution in [2.45, 2.75) is 39.3 Å². The average Bonchev–Trinajstić information content (AvgIpc) is 2.96. The molecule has 2 heterocycles. The number of nitrogens with one attached hydrogen (secondary N) is 2. The number of carbonyl (C=O) groups excluding carboxylic acids is 2. The fraction of sp³-hybridized carbons (Fsp3) is 0.323. The van der Waals surface area contributed by atoms with Gasteiger partial charge in [-0.1, -0.05) is 17.7 Å². The molecule has 1 saturated heterocycles. The van der Waals surface area contributed by atoms with Gasteiger partial charge in [-0.05, 0) is 62.6 Å². The number of allylic oxidation sites excluding steroid dienone is 1. The Bertz CT molecular complexity index is 1650. The summed E-state index contributed by atoms with van der Waals surface area (Å²) in [7, 11) is -3.37. The van der Waals surface area contributed by atoms with Crippen molar-refractivity contribution in [1.82, 2.24) is 14.8 Å². The zero-order valence-corrected chi connectivity index (χ0v) is 26.0. The molecule has 0 bridgehead atoms. The van der Waals surface area contributed by atoms with Crippen molar-refractivity contribution in [2.24, 2.45) is 5.73 Å². The van der Waals surface area contributed by atoms with Gasteiger partial charge in [-0.15, -0.1) is 0 Å². The molecule has 1 aromatic heterocycles. The zero-order valence-electron chi connectivity index (χ0n) is 25.2. The van der Waals surface area contributed by atoms with Crippen LogP contribution in [-0.4, -0.2) is 67.1 Å². The maximum absolute atomic E-state index is 14.5. The molecule has 0 atom stereocenters. The van der Waals surface area contributed by atoms with Crippen LogP contribution in [0.25, 0.3) is 0 Å². The van der Waals surface area contributed by atoms with Crippen LogP contribution in [0, 0.1) is 11.6 Å². The molecule has 0 radical (unpaired) electrons. The Morgan fingerprint density at radius 2 is 1.78 bits per heavy atom. The number of ether oxygens (including phenoxy) is 1. The van der Waals surface area contributed by atoms with E-state index < -0.39 is 39.2 Å². The van der Waals surface area contributed by atoms with Crippen molar-refractivity contribution in [3.8, 4) is 11.6 Å². The summed E-state index contributed by atoms with van der Waals surface area (Å²) in [5.41, 5.74) is 6.76. The first-order chi connectivity index (χ1) is 21.3. The van der Waals surface area contributed by atoms with E-state index in [1.165, 1.54) is 0 Å². The Hall–Kier alpha value is -4.56. The first kappa shape index (κ1) is 33.3. The van der Waals surface area contributed by atoms with Crippen LogP contribution in [0.15, 0.2) is 66.4 Å². The fourth-order valence-electron chi connectivity index (χ4n) is 4.84. The first-order valence-electron chi connectivity index (χ1n) is 14.2. The highest BCUT2D eigenvalue weighted by molar-refractivity contribution is 7.92. The molecule has 1 aliphatic rings. The molecular formula is C31H36F2N6O5S. The average molecular weight is 643 g/mol. The number of aromatic nitrogens is 1. The topological polar surface area (TPSA) is 147 Å². The number of benzene rings is 2. The number of primary amides is 1. The van der Waals surface area contributed by atoms with Gasteiger partial charge in [0.2, 0.25) is 15.9 Å². The summed E-state index contributed by atoms with van der Waals surface area (Å²) in [6, 6.07) is 10.9. The minimum absolute atomic E-state index is 0.135. The second kappa shape index (κ2) is 14.5. The molecule has 1 fully saturated rings. The monoisotopic (exact) mass is 642 g/mol. The molecule has 45 heavy (non-hydrogen) atoms. The van der Waals surface area contributed by atoms with Gasteiger partial charge in [0.25, 0.3) is 5.91 Å². The number of piperidine rings is 1. The van der Waals surface area contributed by atoms with Gasteiger partial charge in [0.05, 0.1) is 17.5 Å². The lowest BCUT2D eigenvalue weighted by molar-refractivity contribution is 0.0996. The highest BCUT2D eigenvalue weighted by Crippen LogP contribution is 2.25. The summed E-state index contributed by atoms with van der Waals surface area (Å²) in [6.45, 7) is 6.17. The third-order valence-corrected chi connectivity index (χ3v) is 7.71. The smallest absolute Gasteiger partial charge is 0.322 e. The summed E-state index contributed by atoms with van der Waals surface area (Å²) in [5.74, 6) is -2.27. The number of sulfonamides is 1. The van der Waals surface area contributed by atoms with Crippen LogP contribution in [0.3, 0.4) is 0 Å². The molecule has 2 aromatic carbocycles. The summed E-state index contributed by atoms with van der Waals surface area (Å²) in [4.78, 5) is 33.1. The van der Waals surface area contributed by atoms with Crippen LogP contribution < -0.4 is 20.5 Å². The molecule has 11 nitrogen and oxygen atoms in total. The van der Waals surface area contributed by atoms with E-state index in [2.05, 4.69) is 19.9 Å². The molecule has 4 N–H and O–H groups in total. The molecule has 0 saturated carbocycles. The van der Waals surface area contributed by atoms with Crippen LogP contribution in [0.4, 0.5) is 25.0 Å². The number of halogens is 2. The number of amides is 3. The van der Waals surface area contributed by atoms with E-state index in [4.69, 9.17) is 10.5 Å². The second-order valence-corrected chi connectivity index (χ2v) is 12.8. The summed E-state index contributed by atoms with van der Waals surface area (Å²) >= 11 is 0. The molecule has 4 rings (SSSR count). The number of nitrogens with zero attached hydrogens (tertiary/aromatic N) is 3. The number of likely N-dealkylation sites (tertiary alicyclic amines) is 1. The Balaban J connectivity index is 1.34. The summed E-state index contributed by atoms with van der Waals surface area (Å²) in [6.07, 6.45) is 6.04. The minimum Gasteiger partial charge on any atom is -0.439 e. The maximum atomic E-state index is 14.5. The third-order valence-electron chi connectivity index (χ3n) is 7.10. The third kappa shape index (κ3) is 9.71. The normalized spacial score (nSPS) is 14.0. The van der Waals surface area contributed by atoms with Gasteiger partial charge in [0.1, 0.15) is 17.4 Å². The Morgan fingerprint density at radius 1 is 1.09 bits per heavy atom. The van der Waals surface area contributed by atoms with Crippen molar-refractivity contribution >= 4 is 33.3 Å². The van der Waals surface area contributed by atoms with Gasteiger partial charge in [0, 0.05) is 56.2 Å². The van der Waals surface area contributed by atoms with Crippen molar-refractivity contribution in [3.05, 3.63) is 89.1 Å². The predicted molar refractivity (Wildman–Crippen MR) is 168 cm³/mol. The molecule has 14 heteroatoms. The van der Waals surface area contributed by atoms with E-state index in [-0.39, 0.29) is 11.7 Å².